The molecule has 0 spiro atoms. The lowest BCUT2D eigenvalue weighted by Gasteiger charge is -2.49. The number of carbonyl (C=O) groups excluding carboxylic acids is 2. The number of rotatable bonds is 6. The molecular weight excluding hydrogens is 500 g/mol. The lowest BCUT2D eigenvalue weighted by atomic mass is 10.0. The summed E-state index contributed by atoms with van der Waals surface area (Å²) in [6, 6.07) is 4.90. The summed E-state index contributed by atoms with van der Waals surface area (Å²) < 4.78 is 1.96. The van der Waals surface area contributed by atoms with Gasteiger partial charge in [0.25, 0.3) is 16.6 Å². The Morgan fingerprint density at radius 1 is 1.35 bits per heavy atom. The first-order chi connectivity index (χ1) is 16.4. The van der Waals surface area contributed by atoms with E-state index in [-0.39, 0.29) is 22.2 Å². The highest BCUT2D eigenvalue weighted by Crippen LogP contribution is 2.40. The third kappa shape index (κ3) is 3.69. The number of carboxylic acid groups (broad SMARTS) is 1. The van der Waals surface area contributed by atoms with Crippen molar-refractivity contribution in [2.24, 2.45) is 5.16 Å². The standard InChI is InChI=1S/C20H16N6O5S3/c21-20-22-11(8-34-20)12(24-31)15(27)23-13-16(28)26-14(19(29)30)10(7-33-18(13)26)6-25-4-1-2-9-3-5-32-17(9)25/h1-5,8,13,18H,6-7H2,(H4-,21,22,23,27,29,30,31)/p+1/t13?,18-/m0/s1. The second-order valence-electron chi connectivity index (χ2n) is 7.46. The van der Waals surface area contributed by atoms with Gasteiger partial charge in [0.1, 0.15) is 22.8 Å². The molecule has 3 aromatic heterocycles. The number of hydrogen-bond donors (Lipinski definition) is 4. The SMILES string of the molecule is Nc1nc(C(=NO)C(=O)NC2C(=O)N3C(C(=O)O)=C(C[n+]4cccc5ccsc54)CS[C@@H]23)cs1. The fourth-order valence-electron chi connectivity index (χ4n) is 3.94. The van der Waals surface area contributed by atoms with Crippen LogP contribution in [0.4, 0.5) is 5.13 Å². The number of aliphatic carboxylic acids is 1. The molecule has 5 heterocycles. The zero-order valence-corrected chi connectivity index (χ0v) is 19.7. The fraction of sp³-hybridized carbons (Fsp3) is 0.200. The number of fused-ring (bicyclic) bond motifs is 2. The van der Waals surface area contributed by atoms with E-state index < -0.39 is 29.2 Å². The number of thiophene rings is 1. The summed E-state index contributed by atoms with van der Waals surface area (Å²) in [5.74, 6) is -2.18. The van der Waals surface area contributed by atoms with Crippen molar-refractivity contribution in [1.82, 2.24) is 15.2 Å². The van der Waals surface area contributed by atoms with Crippen molar-refractivity contribution >= 4 is 73.3 Å². The number of nitrogens with one attached hydrogen (secondary N) is 1. The highest BCUT2D eigenvalue weighted by molar-refractivity contribution is 8.00. The number of carbonyl (C=O) groups is 3. The van der Waals surface area contributed by atoms with Gasteiger partial charge in [-0.3, -0.25) is 14.5 Å². The smallest absolute Gasteiger partial charge is 0.352 e. The van der Waals surface area contributed by atoms with Crippen LogP contribution in [0.5, 0.6) is 0 Å². The van der Waals surface area contributed by atoms with E-state index in [0.29, 0.717) is 17.9 Å². The van der Waals surface area contributed by atoms with Gasteiger partial charge in [-0.05, 0) is 17.5 Å². The number of carboxylic acids is 1. The molecule has 1 saturated heterocycles. The minimum absolute atomic E-state index is 0.0661. The van der Waals surface area contributed by atoms with Crippen molar-refractivity contribution in [3.8, 4) is 0 Å². The first-order valence-electron chi connectivity index (χ1n) is 9.89. The van der Waals surface area contributed by atoms with Crippen LogP contribution in [0.3, 0.4) is 0 Å². The maximum atomic E-state index is 12.9. The molecule has 0 saturated carbocycles. The van der Waals surface area contributed by atoms with Crippen molar-refractivity contribution in [1.29, 1.82) is 0 Å². The van der Waals surface area contributed by atoms with Crippen LogP contribution in [-0.4, -0.2) is 60.9 Å². The van der Waals surface area contributed by atoms with Gasteiger partial charge in [0.15, 0.2) is 23.6 Å². The predicted octanol–water partition coefficient (Wildman–Crippen LogP) is 0.845. The number of amides is 2. The molecule has 5 N–H and O–H groups in total. The van der Waals surface area contributed by atoms with Crippen LogP contribution in [0.25, 0.3) is 10.2 Å². The third-order valence-corrected chi connectivity index (χ3v) is 8.43. The molecule has 0 aliphatic carbocycles. The normalized spacial score (nSPS) is 20.3. The minimum Gasteiger partial charge on any atom is -0.477 e. The van der Waals surface area contributed by atoms with Crippen molar-refractivity contribution in [3.63, 3.8) is 0 Å². The van der Waals surface area contributed by atoms with Gasteiger partial charge in [-0.1, -0.05) is 16.5 Å². The average Bonchev–Trinajstić information content (AvgIpc) is 3.47. The predicted molar refractivity (Wildman–Crippen MR) is 127 cm³/mol. The van der Waals surface area contributed by atoms with Crippen LogP contribution < -0.4 is 15.6 Å². The van der Waals surface area contributed by atoms with E-state index in [1.54, 1.807) is 11.3 Å². The molecule has 0 aromatic carbocycles. The number of anilines is 1. The summed E-state index contributed by atoms with van der Waals surface area (Å²) in [6.45, 7) is 0.326. The molecule has 3 aromatic rings. The van der Waals surface area contributed by atoms with Crippen LogP contribution in [0, 0.1) is 0 Å². The van der Waals surface area contributed by atoms with Crippen LogP contribution in [0.2, 0.25) is 0 Å². The largest absolute Gasteiger partial charge is 0.477 e. The van der Waals surface area contributed by atoms with Gasteiger partial charge >= 0.3 is 5.97 Å². The van der Waals surface area contributed by atoms with Crippen LogP contribution in [-0.2, 0) is 20.9 Å². The van der Waals surface area contributed by atoms with E-state index in [1.165, 1.54) is 22.0 Å². The molecule has 5 rings (SSSR count). The Hall–Kier alpha value is -3.49. The van der Waals surface area contributed by atoms with E-state index in [0.717, 1.165) is 21.6 Å². The lowest BCUT2D eigenvalue weighted by Crippen LogP contribution is -2.71. The Bertz CT molecular complexity index is 1400. The van der Waals surface area contributed by atoms with E-state index in [4.69, 9.17) is 5.73 Å². The Kier molecular flexibility index (Phi) is 5.71. The molecule has 14 heteroatoms. The van der Waals surface area contributed by atoms with Crippen molar-refractivity contribution < 1.29 is 29.3 Å². The van der Waals surface area contributed by atoms with Gasteiger partial charge < -0.3 is 21.4 Å². The number of nitrogens with zero attached hydrogens (tertiary/aromatic N) is 4. The Labute approximate surface area is 204 Å². The third-order valence-electron chi connectivity index (χ3n) is 5.45. The second-order valence-corrected chi connectivity index (χ2v) is 10.3. The molecule has 2 aliphatic heterocycles. The number of β-lactam (4-membered cyclic amide) rings is 1. The highest BCUT2D eigenvalue weighted by Gasteiger charge is 2.54. The monoisotopic (exact) mass is 517 g/mol. The first-order valence-corrected chi connectivity index (χ1v) is 12.7. The van der Waals surface area contributed by atoms with Gasteiger partial charge in [-0.2, -0.15) is 4.57 Å². The number of nitrogen functional groups attached to an aromatic ring is 1. The summed E-state index contributed by atoms with van der Waals surface area (Å²) in [5.41, 5.74) is 5.81. The van der Waals surface area contributed by atoms with E-state index in [9.17, 15) is 24.7 Å². The van der Waals surface area contributed by atoms with E-state index in [1.807, 2.05) is 34.3 Å². The topological polar surface area (TPSA) is 162 Å². The highest BCUT2D eigenvalue weighted by atomic mass is 32.2. The number of pyridine rings is 1. The minimum atomic E-state index is -1.20. The number of hydrogen-bond acceptors (Lipinski definition) is 10. The summed E-state index contributed by atoms with van der Waals surface area (Å²) in [4.78, 5) is 43.8. The number of nitrogens with two attached hydrogens (primary N) is 1. The summed E-state index contributed by atoms with van der Waals surface area (Å²) in [7, 11) is 0. The Morgan fingerprint density at radius 2 is 2.18 bits per heavy atom. The van der Waals surface area contributed by atoms with Crippen LogP contribution in [0.1, 0.15) is 5.69 Å². The van der Waals surface area contributed by atoms with Crippen LogP contribution >= 0.6 is 34.4 Å². The molecule has 0 bridgehead atoms. The first kappa shape index (κ1) is 22.3. The molecule has 34 heavy (non-hydrogen) atoms. The summed E-state index contributed by atoms with van der Waals surface area (Å²) in [5, 5.41) is 28.8. The van der Waals surface area contributed by atoms with Gasteiger partial charge in [-0.15, -0.1) is 23.1 Å². The molecular formula is C20H17N6O5S3+. The molecule has 2 amide bonds. The van der Waals surface area contributed by atoms with Crippen LogP contribution in [0.15, 0.2) is 51.6 Å². The average molecular weight is 518 g/mol. The molecule has 0 radical (unpaired) electrons. The maximum absolute atomic E-state index is 12.9. The second kappa shape index (κ2) is 8.70. The molecule has 1 unspecified atom stereocenters. The zero-order valence-electron chi connectivity index (χ0n) is 17.2. The van der Waals surface area contributed by atoms with Crippen molar-refractivity contribution in [3.05, 3.63) is 52.1 Å². The van der Waals surface area contributed by atoms with Gasteiger partial charge in [0, 0.05) is 22.8 Å². The Morgan fingerprint density at radius 3 is 2.88 bits per heavy atom. The van der Waals surface area contributed by atoms with Gasteiger partial charge in [0.05, 0.1) is 5.39 Å². The molecule has 11 nitrogen and oxygen atoms in total. The van der Waals surface area contributed by atoms with Crippen molar-refractivity contribution in [2.45, 2.75) is 18.0 Å². The summed E-state index contributed by atoms with van der Waals surface area (Å²) in [6.07, 6.45) is 1.88. The van der Waals surface area contributed by atoms with E-state index in [2.05, 4.69) is 15.5 Å². The Balaban J connectivity index is 1.37. The number of aromatic nitrogens is 2. The zero-order chi connectivity index (χ0) is 24.0. The van der Waals surface area contributed by atoms with Gasteiger partial charge in [-0.25, -0.2) is 9.78 Å². The molecule has 1 fully saturated rings. The molecule has 2 aliphatic rings. The summed E-state index contributed by atoms with van der Waals surface area (Å²) >= 11 is 3.99. The lowest BCUT2D eigenvalue weighted by molar-refractivity contribution is -0.661. The maximum Gasteiger partial charge on any atom is 0.352 e. The van der Waals surface area contributed by atoms with Gasteiger partial charge in [0.2, 0.25) is 0 Å². The van der Waals surface area contributed by atoms with E-state index >= 15 is 0 Å². The number of thioether (sulfide) groups is 1. The van der Waals surface area contributed by atoms with Crippen molar-refractivity contribution in [2.75, 3.05) is 11.5 Å². The molecule has 2 atom stereocenters. The quantitative estimate of drug-likeness (QED) is 0.123. The molecule has 174 valence electrons. The number of thiazole rings is 1. The fourth-order valence-corrected chi connectivity index (χ4v) is 6.70. The number of oxime groups is 1.